The fraction of sp³-hybridized carbons (Fsp3) is 0.125. The number of nitrogens with one attached hydrogen (secondary N) is 1. The molecule has 0 fully saturated rings. The van der Waals surface area contributed by atoms with E-state index in [9.17, 15) is 17.4 Å². The summed E-state index contributed by atoms with van der Waals surface area (Å²) in [5.41, 5.74) is 0.699. The molecular weight excluding hydrogens is 423 g/mol. The van der Waals surface area contributed by atoms with E-state index in [1.54, 1.807) is 31.2 Å². The molecule has 0 saturated carbocycles. The topological polar surface area (TPSA) is 38.3 Å². The van der Waals surface area contributed by atoms with Crippen molar-refractivity contribution in [3.05, 3.63) is 88.2 Å². The van der Waals surface area contributed by atoms with Gasteiger partial charge in [-0.15, -0.1) is 0 Å². The molecule has 0 aromatic heterocycles. The number of aryl methyl sites for hydroxylation is 1. The van der Waals surface area contributed by atoms with E-state index in [0.717, 1.165) is 12.1 Å². The van der Waals surface area contributed by atoms with Gasteiger partial charge in [-0.1, -0.05) is 17.9 Å². The lowest BCUT2D eigenvalue weighted by Crippen LogP contribution is -2.17. The van der Waals surface area contributed by atoms with E-state index >= 15 is 0 Å². The third kappa shape index (κ3) is 5.04. The van der Waals surface area contributed by atoms with Crippen LogP contribution in [-0.2, 0) is 9.71 Å². The Bertz CT molecular complexity index is 1300. The molecule has 3 aromatic rings. The first kappa shape index (κ1) is 22.3. The van der Waals surface area contributed by atoms with Crippen LogP contribution in [0.15, 0.2) is 53.4 Å². The summed E-state index contributed by atoms with van der Waals surface area (Å²) >= 11 is 0. The molecular formula is C24H20F3NO2S. The van der Waals surface area contributed by atoms with Crippen molar-refractivity contribution in [1.82, 2.24) is 0 Å². The minimum atomic E-state index is -3.43. The van der Waals surface area contributed by atoms with Crippen LogP contribution in [0.25, 0.3) is 0 Å². The van der Waals surface area contributed by atoms with Crippen LogP contribution < -0.4 is 9.46 Å². The molecule has 160 valence electrons. The number of hydrogen-bond donors (Lipinski definition) is 1. The molecule has 3 rings (SSSR count). The smallest absolute Gasteiger partial charge is 0.151 e. The standard InChI is InChI=1S/C24H20F3NO2S/c1-15-10-20(25)16(2)23(11-15)31(4,29)28-24-21(26)13-18(14-22(24)27)9-8-17-6-5-7-19(12-17)30-3/h5-7,10-14H,4H2,1-3H3,(H,28,29). The summed E-state index contributed by atoms with van der Waals surface area (Å²) in [5, 5.41) is 0. The second-order valence-electron chi connectivity index (χ2n) is 6.94. The maximum Gasteiger partial charge on any atom is 0.151 e. The Kier molecular flexibility index (Phi) is 6.32. The van der Waals surface area contributed by atoms with Gasteiger partial charge in [0.25, 0.3) is 0 Å². The molecule has 1 atom stereocenters. The number of ether oxygens (including phenoxy) is 1. The van der Waals surface area contributed by atoms with E-state index in [1.165, 1.54) is 26.2 Å². The molecule has 1 N–H and O–H groups in total. The number of anilines is 1. The molecule has 0 heterocycles. The van der Waals surface area contributed by atoms with Crippen molar-refractivity contribution >= 4 is 21.3 Å². The zero-order chi connectivity index (χ0) is 22.8. The van der Waals surface area contributed by atoms with Gasteiger partial charge in [0.15, 0.2) is 11.6 Å². The number of benzene rings is 3. The number of halogens is 3. The van der Waals surface area contributed by atoms with Crippen molar-refractivity contribution in [2.45, 2.75) is 18.7 Å². The van der Waals surface area contributed by atoms with Crippen LogP contribution in [0, 0.1) is 43.1 Å². The monoisotopic (exact) mass is 443 g/mol. The van der Waals surface area contributed by atoms with Crippen LogP contribution in [0.2, 0.25) is 0 Å². The molecule has 0 radical (unpaired) electrons. The van der Waals surface area contributed by atoms with Crippen LogP contribution in [0.3, 0.4) is 0 Å². The molecule has 0 amide bonds. The summed E-state index contributed by atoms with van der Waals surface area (Å²) < 4.78 is 63.8. The highest BCUT2D eigenvalue weighted by molar-refractivity contribution is 8.01. The van der Waals surface area contributed by atoms with E-state index in [0.29, 0.717) is 16.9 Å². The normalized spacial score (nSPS) is 12.5. The van der Waals surface area contributed by atoms with Gasteiger partial charge in [-0.25, -0.2) is 17.4 Å². The summed E-state index contributed by atoms with van der Waals surface area (Å²) in [6, 6.07) is 11.7. The first-order chi connectivity index (χ1) is 14.6. The van der Waals surface area contributed by atoms with Gasteiger partial charge in [0.2, 0.25) is 0 Å². The van der Waals surface area contributed by atoms with Gasteiger partial charge < -0.3 is 9.46 Å². The predicted molar refractivity (Wildman–Crippen MR) is 118 cm³/mol. The van der Waals surface area contributed by atoms with Crippen molar-refractivity contribution in [2.24, 2.45) is 0 Å². The third-order valence-electron chi connectivity index (χ3n) is 4.53. The zero-order valence-corrected chi connectivity index (χ0v) is 18.0. The second-order valence-corrected chi connectivity index (χ2v) is 8.94. The van der Waals surface area contributed by atoms with Crippen LogP contribution in [-0.4, -0.2) is 17.2 Å². The van der Waals surface area contributed by atoms with Crippen LogP contribution in [0.4, 0.5) is 18.9 Å². The zero-order valence-electron chi connectivity index (χ0n) is 17.2. The minimum absolute atomic E-state index is 0.0469. The molecule has 7 heteroatoms. The van der Waals surface area contributed by atoms with E-state index in [-0.39, 0.29) is 16.0 Å². The Hall–Kier alpha value is -3.37. The van der Waals surface area contributed by atoms with E-state index in [4.69, 9.17) is 4.74 Å². The molecule has 0 bridgehead atoms. The maximum atomic E-state index is 14.6. The van der Waals surface area contributed by atoms with E-state index < -0.39 is 32.8 Å². The van der Waals surface area contributed by atoms with Crippen molar-refractivity contribution in [1.29, 1.82) is 0 Å². The first-order valence-electron chi connectivity index (χ1n) is 9.17. The summed E-state index contributed by atoms with van der Waals surface area (Å²) in [7, 11) is -1.91. The van der Waals surface area contributed by atoms with Gasteiger partial charge in [0.05, 0.1) is 21.7 Å². The molecule has 0 aliphatic rings. The highest BCUT2D eigenvalue weighted by Gasteiger charge is 2.19. The van der Waals surface area contributed by atoms with Gasteiger partial charge >= 0.3 is 0 Å². The lowest BCUT2D eigenvalue weighted by Gasteiger charge is -2.17. The van der Waals surface area contributed by atoms with Gasteiger partial charge in [-0.05, 0) is 67.7 Å². The molecule has 1 unspecified atom stereocenters. The first-order valence-corrected chi connectivity index (χ1v) is 10.9. The van der Waals surface area contributed by atoms with Crippen molar-refractivity contribution < 1.29 is 22.1 Å². The van der Waals surface area contributed by atoms with Crippen molar-refractivity contribution in [3.8, 4) is 17.6 Å². The Morgan fingerprint density at radius 2 is 1.58 bits per heavy atom. The average Bonchev–Trinajstić information content (AvgIpc) is 2.72. The largest absolute Gasteiger partial charge is 0.497 e. The SMILES string of the molecule is C=S(=O)(Nc1c(F)cc(C#Cc2cccc(OC)c2)cc1F)c1cc(C)cc(F)c1C. The van der Waals surface area contributed by atoms with Gasteiger partial charge in [0, 0.05) is 16.7 Å². The lowest BCUT2D eigenvalue weighted by molar-refractivity contribution is 0.414. The molecule has 0 saturated heterocycles. The molecule has 3 aromatic carbocycles. The molecule has 0 spiro atoms. The molecule has 31 heavy (non-hydrogen) atoms. The van der Waals surface area contributed by atoms with Crippen LogP contribution >= 0.6 is 0 Å². The fourth-order valence-corrected chi connectivity index (χ4v) is 4.54. The fourth-order valence-electron chi connectivity index (χ4n) is 2.93. The summed E-state index contributed by atoms with van der Waals surface area (Å²) in [6.45, 7) is 3.05. The lowest BCUT2D eigenvalue weighted by atomic mass is 10.1. The van der Waals surface area contributed by atoms with Gasteiger partial charge in [0.1, 0.15) is 17.3 Å². The minimum Gasteiger partial charge on any atom is -0.497 e. The molecule has 0 aliphatic carbocycles. The molecule has 3 nitrogen and oxygen atoms in total. The summed E-state index contributed by atoms with van der Waals surface area (Å²) in [5.74, 6) is 7.11. The van der Waals surface area contributed by atoms with Crippen molar-refractivity contribution in [3.63, 3.8) is 0 Å². The number of methoxy groups -OCH3 is 1. The van der Waals surface area contributed by atoms with Gasteiger partial charge in [-0.2, -0.15) is 0 Å². The maximum absolute atomic E-state index is 14.6. The summed E-state index contributed by atoms with van der Waals surface area (Å²) in [6.07, 6.45) is 0. The van der Waals surface area contributed by atoms with E-state index in [2.05, 4.69) is 22.4 Å². The van der Waals surface area contributed by atoms with Gasteiger partial charge in [-0.3, -0.25) is 0 Å². The Morgan fingerprint density at radius 3 is 2.23 bits per heavy atom. The number of hydrogen-bond acceptors (Lipinski definition) is 2. The van der Waals surface area contributed by atoms with E-state index in [1.807, 2.05) is 0 Å². The average molecular weight is 443 g/mol. The van der Waals surface area contributed by atoms with Crippen LogP contribution in [0.1, 0.15) is 22.3 Å². The third-order valence-corrected chi connectivity index (χ3v) is 6.19. The predicted octanol–water partition coefficient (Wildman–Crippen LogP) is 5.23. The Labute approximate surface area is 180 Å². The Balaban J connectivity index is 1.94. The quantitative estimate of drug-likeness (QED) is 0.443. The Morgan fingerprint density at radius 1 is 0.935 bits per heavy atom. The highest BCUT2D eigenvalue weighted by Crippen LogP contribution is 2.27. The van der Waals surface area contributed by atoms with Crippen molar-refractivity contribution in [2.75, 3.05) is 11.8 Å². The summed E-state index contributed by atoms with van der Waals surface area (Å²) in [4.78, 5) is 0.0469. The highest BCUT2D eigenvalue weighted by atomic mass is 32.2. The number of rotatable bonds is 4. The second kappa shape index (κ2) is 8.78. The molecule has 0 aliphatic heterocycles. The van der Waals surface area contributed by atoms with Crippen LogP contribution in [0.5, 0.6) is 5.75 Å².